The number of hydrogen-bond acceptors (Lipinski definition) is 5. The molecule has 0 aliphatic rings. The lowest BCUT2D eigenvalue weighted by Crippen LogP contribution is -2.32. The van der Waals surface area contributed by atoms with Gasteiger partial charge in [-0.25, -0.2) is 4.99 Å². The van der Waals surface area contributed by atoms with Crippen molar-refractivity contribution >= 4 is 23.0 Å². The van der Waals surface area contributed by atoms with Crippen molar-refractivity contribution in [3.8, 4) is 11.5 Å². The fraction of sp³-hybridized carbons (Fsp3) is 0.286. The fourth-order valence-corrected chi connectivity index (χ4v) is 3.25. The zero-order valence-corrected chi connectivity index (χ0v) is 16.9. The number of aliphatic imine (C=N–C) groups is 1. The number of nitrogens with zero attached hydrogens (tertiary/aromatic N) is 1. The SMILES string of the molecule is CCOc1cc(NC(=NCc2cccs2)NCCc2ccco2)ccc1OC. The van der Waals surface area contributed by atoms with Gasteiger partial charge < -0.3 is 24.5 Å². The molecule has 2 aromatic heterocycles. The number of benzene rings is 1. The van der Waals surface area contributed by atoms with Crippen molar-refractivity contribution in [3.05, 3.63) is 64.7 Å². The van der Waals surface area contributed by atoms with E-state index in [1.807, 2.05) is 43.3 Å². The number of guanidine groups is 1. The fourth-order valence-electron chi connectivity index (χ4n) is 2.62. The second kappa shape index (κ2) is 10.4. The summed E-state index contributed by atoms with van der Waals surface area (Å²) in [7, 11) is 1.63. The number of hydrogen-bond donors (Lipinski definition) is 2. The van der Waals surface area contributed by atoms with Gasteiger partial charge in [-0.2, -0.15) is 0 Å². The maximum atomic E-state index is 5.66. The molecule has 0 aliphatic carbocycles. The largest absolute Gasteiger partial charge is 0.493 e. The predicted molar refractivity (Wildman–Crippen MR) is 114 cm³/mol. The van der Waals surface area contributed by atoms with Crippen molar-refractivity contribution in [2.24, 2.45) is 4.99 Å². The van der Waals surface area contributed by atoms with Crippen LogP contribution in [0.4, 0.5) is 5.69 Å². The molecule has 2 heterocycles. The Morgan fingerprint density at radius 2 is 2.11 bits per heavy atom. The minimum Gasteiger partial charge on any atom is -0.493 e. The molecule has 0 spiro atoms. The average Bonchev–Trinajstić information content (AvgIpc) is 3.41. The Hall–Kier alpha value is -2.93. The summed E-state index contributed by atoms with van der Waals surface area (Å²) in [6.07, 6.45) is 2.46. The normalized spacial score (nSPS) is 11.3. The van der Waals surface area contributed by atoms with Crippen molar-refractivity contribution in [2.45, 2.75) is 19.9 Å². The number of ether oxygens (including phenoxy) is 2. The Balaban J connectivity index is 1.70. The maximum absolute atomic E-state index is 5.66. The van der Waals surface area contributed by atoms with Gasteiger partial charge in [0.05, 0.1) is 26.5 Å². The van der Waals surface area contributed by atoms with E-state index in [9.17, 15) is 0 Å². The van der Waals surface area contributed by atoms with E-state index in [1.54, 1.807) is 24.7 Å². The van der Waals surface area contributed by atoms with E-state index in [2.05, 4.69) is 22.1 Å². The van der Waals surface area contributed by atoms with Crippen molar-refractivity contribution in [1.82, 2.24) is 5.32 Å². The molecule has 0 aliphatic heterocycles. The molecule has 28 heavy (non-hydrogen) atoms. The molecule has 3 aromatic rings. The zero-order chi connectivity index (χ0) is 19.6. The highest BCUT2D eigenvalue weighted by molar-refractivity contribution is 7.09. The summed E-state index contributed by atoms with van der Waals surface area (Å²) in [6, 6.07) is 13.7. The van der Waals surface area contributed by atoms with Gasteiger partial charge in [-0.3, -0.25) is 0 Å². The molecular weight excluding hydrogens is 374 g/mol. The first-order valence-corrected chi connectivity index (χ1v) is 10.1. The van der Waals surface area contributed by atoms with Gasteiger partial charge in [0.25, 0.3) is 0 Å². The predicted octanol–water partition coefficient (Wildman–Crippen LogP) is 4.55. The van der Waals surface area contributed by atoms with E-state index in [-0.39, 0.29) is 0 Å². The van der Waals surface area contributed by atoms with Crippen LogP contribution in [0.5, 0.6) is 11.5 Å². The molecule has 3 rings (SSSR count). The lowest BCUT2D eigenvalue weighted by atomic mass is 10.2. The monoisotopic (exact) mass is 399 g/mol. The van der Waals surface area contributed by atoms with Crippen LogP contribution < -0.4 is 20.1 Å². The van der Waals surface area contributed by atoms with Gasteiger partial charge in [-0.1, -0.05) is 6.07 Å². The van der Waals surface area contributed by atoms with Crippen LogP contribution in [0.2, 0.25) is 0 Å². The molecule has 6 nitrogen and oxygen atoms in total. The molecule has 7 heteroatoms. The first kappa shape index (κ1) is 19.8. The lowest BCUT2D eigenvalue weighted by molar-refractivity contribution is 0.311. The van der Waals surface area contributed by atoms with Crippen LogP contribution in [0.15, 0.2) is 63.5 Å². The zero-order valence-electron chi connectivity index (χ0n) is 16.1. The molecule has 0 amide bonds. The van der Waals surface area contributed by atoms with Crippen LogP contribution in [0.3, 0.4) is 0 Å². The summed E-state index contributed by atoms with van der Waals surface area (Å²) in [5.74, 6) is 3.04. The molecule has 0 radical (unpaired) electrons. The summed E-state index contributed by atoms with van der Waals surface area (Å²) < 4.78 is 16.4. The van der Waals surface area contributed by atoms with Gasteiger partial charge in [0, 0.05) is 29.6 Å². The van der Waals surface area contributed by atoms with Gasteiger partial charge in [0.15, 0.2) is 17.5 Å². The molecule has 0 unspecified atom stereocenters. The van der Waals surface area contributed by atoms with E-state index in [0.717, 1.165) is 17.9 Å². The van der Waals surface area contributed by atoms with E-state index < -0.39 is 0 Å². The Morgan fingerprint density at radius 3 is 2.82 bits per heavy atom. The van der Waals surface area contributed by atoms with Crippen molar-refractivity contribution < 1.29 is 13.9 Å². The Morgan fingerprint density at radius 1 is 1.18 bits per heavy atom. The van der Waals surface area contributed by atoms with Crippen LogP contribution in [0.25, 0.3) is 0 Å². The first-order chi connectivity index (χ1) is 13.8. The first-order valence-electron chi connectivity index (χ1n) is 9.19. The topological polar surface area (TPSA) is 68.0 Å². The molecule has 2 N–H and O–H groups in total. The molecule has 0 saturated heterocycles. The van der Waals surface area contributed by atoms with Gasteiger partial charge in [0.2, 0.25) is 0 Å². The quantitative estimate of drug-likeness (QED) is 0.408. The molecule has 0 fully saturated rings. The van der Waals surface area contributed by atoms with Crippen LogP contribution in [0.1, 0.15) is 17.6 Å². The van der Waals surface area contributed by atoms with Gasteiger partial charge in [-0.05, 0) is 42.6 Å². The maximum Gasteiger partial charge on any atom is 0.196 e. The van der Waals surface area contributed by atoms with Gasteiger partial charge in [-0.15, -0.1) is 11.3 Å². The van der Waals surface area contributed by atoms with Crippen LogP contribution in [0, 0.1) is 0 Å². The van der Waals surface area contributed by atoms with E-state index in [0.29, 0.717) is 37.2 Å². The molecular formula is C21H25N3O3S. The third-order valence-corrected chi connectivity index (χ3v) is 4.80. The minimum absolute atomic E-state index is 0.570. The smallest absolute Gasteiger partial charge is 0.196 e. The summed E-state index contributed by atoms with van der Waals surface area (Å²) in [5.41, 5.74) is 0.875. The van der Waals surface area contributed by atoms with Crippen LogP contribution >= 0.6 is 11.3 Å². The Bertz CT molecular complexity index is 861. The summed E-state index contributed by atoms with van der Waals surface area (Å²) in [5, 5.41) is 8.77. The summed E-state index contributed by atoms with van der Waals surface area (Å²) in [6.45, 7) is 3.84. The van der Waals surface area contributed by atoms with Crippen LogP contribution in [-0.4, -0.2) is 26.2 Å². The summed E-state index contributed by atoms with van der Waals surface area (Å²) in [4.78, 5) is 5.91. The van der Waals surface area contributed by atoms with E-state index in [1.165, 1.54) is 4.88 Å². The van der Waals surface area contributed by atoms with E-state index >= 15 is 0 Å². The van der Waals surface area contributed by atoms with Crippen molar-refractivity contribution in [1.29, 1.82) is 0 Å². The third-order valence-electron chi connectivity index (χ3n) is 3.94. The Kier molecular flexibility index (Phi) is 7.37. The summed E-state index contributed by atoms with van der Waals surface area (Å²) >= 11 is 1.69. The Labute approximate surface area is 169 Å². The number of anilines is 1. The highest BCUT2D eigenvalue weighted by Gasteiger charge is 2.08. The molecule has 0 saturated carbocycles. The number of methoxy groups -OCH3 is 1. The number of nitrogens with one attached hydrogen (secondary N) is 2. The van der Waals surface area contributed by atoms with Crippen molar-refractivity contribution in [3.63, 3.8) is 0 Å². The standard InChI is InChI=1S/C21H25N3O3S/c1-3-26-20-14-16(8-9-19(20)25-2)24-21(23-15-18-7-5-13-28-18)22-11-10-17-6-4-12-27-17/h4-9,12-14H,3,10-11,15H2,1-2H3,(H2,22,23,24). The van der Waals surface area contributed by atoms with Gasteiger partial charge in [0.1, 0.15) is 5.76 Å². The second-order valence-corrected chi connectivity index (χ2v) is 6.96. The molecule has 0 bridgehead atoms. The molecule has 148 valence electrons. The lowest BCUT2D eigenvalue weighted by Gasteiger charge is -2.15. The highest BCUT2D eigenvalue weighted by Crippen LogP contribution is 2.30. The molecule has 0 atom stereocenters. The van der Waals surface area contributed by atoms with E-state index in [4.69, 9.17) is 18.9 Å². The number of furan rings is 1. The number of rotatable bonds is 9. The van der Waals surface area contributed by atoms with Crippen LogP contribution in [-0.2, 0) is 13.0 Å². The average molecular weight is 400 g/mol. The highest BCUT2D eigenvalue weighted by atomic mass is 32.1. The number of thiophene rings is 1. The van der Waals surface area contributed by atoms with Gasteiger partial charge >= 0.3 is 0 Å². The second-order valence-electron chi connectivity index (χ2n) is 5.92. The van der Waals surface area contributed by atoms with Crippen molar-refractivity contribution in [2.75, 3.05) is 25.6 Å². The molecule has 1 aromatic carbocycles. The minimum atomic E-state index is 0.570. The third kappa shape index (κ3) is 5.79.